The third kappa shape index (κ3) is 3.35. The smallest absolute Gasteiger partial charge is 0.240 e. The van der Waals surface area contributed by atoms with E-state index in [1.165, 1.54) is 5.56 Å². The van der Waals surface area contributed by atoms with E-state index in [-0.39, 0.29) is 11.8 Å². The molecule has 1 atom stereocenters. The molecule has 0 radical (unpaired) electrons. The Morgan fingerprint density at radius 1 is 1.21 bits per heavy atom. The van der Waals surface area contributed by atoms with Crippen molar-refractivity contribution in [2.75, 3.05) is 34.0 Å². The number of amides is 1. The van der Waals surface area contributed by atoms with Gasteiger partial charge in [-0.1, -0.05) is 0 Å². The molecule has 0 saturated carbocycles. The topological polar surface area (TPSA) is 74.0 Å². The summed E-state index contributed by atoms with van der Waals surface area (Å²) in [7, 11) is 3.26. The summed E-state index contributed by atoms with van der Waals surface area (Å²) in [5.74, 6) is 1.69. The standard InChI is InChI=1S/C18H26N2O4/c1-22-15-9-13-3-6-20(11-14(13)10-16(15)23-2)18(21)17(19)12-4-7-24-8-5-12/h9-10,12,17H,3-8,11,19H2,1-2H3. The number of rotatable bonds is 4. The minimum atomic E-state index is -0.435. The van der Waals surface area contributed by atoms with Crippen molar-refractivity contribution in [1.82, 2.24) is 4.90 Å². The Bertz CT molecular complexity index is 599. The predicted octanol–water partition coefficient (Wildman–Crippen LogP) is 1.34. The van der Waals surface area contributed by atoms with Crippen LogP contribution < -0.4 is 15.2 Å². The molecule has 2 aliphatic heterocycles. The number of carbonyl (C=O) groups excluding carboxylic acids is 1. The molecule has 1 fully saturated rings. The first-order valence-electron chi connectivity index (χ1n) is 8.50. The molecule has 6 nitrogen and oxygen atoms in total. The lowest BCUT2D eigenvalue weighted by Crippen LogP contribution is -2.50. The van der Waals surface area contributed by atoms with E-state index in [1.54, 1.807) is 14.2 Å². The normalized spacial score (nSPS) is 19.5. The number of ether oxygens (including phenoxy) is 3. The Kier molecular flexibility index (Phi) is 5.26. The van der Waals surface area contributed by atoms with Crippen molar-refractivity contribution in [1.29, 1.82) is 0 Å². The van der Waals surface area contributed by atoms with E-state index >= 15 is 0 Å². The summed E-state index contributed by atoms with van der Waals surface area (Å²) in [5, 5.41) is 0. The van der Waals surface area contributed by atoms with Gasteiger partial charge in [0.2, 0.25) is 5.91 Å². The number of carbonyl (C=O) groups is 1. The summed E-state index contributed by atoms with van der Waals surface area (Å²) < 4.78 is 16.1. The first-order chi connectivity index (χ1) is 11.6. The average Bonchev–Trinajstić information content (AvgIpc) is 2.65. The lowest BCUT2D eigenvalue weighted by Gasteiger charge is -2.34. The zero-order valence-corrected chi connectivity index (χ0v) is 14.4. The van der Waals surface area contributed by atoms with Gasteiger partial charge in [-0.15, -0.1) is 0 Å². The molecular formula is C18H26N2O4. The highest BCUT2D eigenvalue weighted by Gasteiger charge is 2.31. The van der Waals surface area contributed by atoms with Gasteiger partial charge in [0.15, 0.2) is 11.5 Å². The van der Waals surface area contributed by atoms with Gasteiger partial charge in [-0.25, -0.2) is 0 Å². The van der Waals surface area contributed by atoms with Gasteiger partial charge in [0.1, 0.15) is 0 Å². The van der Waals surface area contributed by atoms with Gasteiger partial charge in [-0.3, -0.25) is 4.79 Å². The largest absolute Gasteiger partial charge is 0.493 e. The minimum absolute atomic E-state index is 0.0438. The summed E-state index contributed by atoms with van der Waals surface area (Å²) in [5.41, 5.74) is 8.56. The Labute approximate surface area is 142 Å². The maximum Gasteiger partial charge on any atom is 0.240 e. The highest BCUT2D eigenvalue weighted by molar-refractivity contribution is 5.82. The first kappa shape index (κ1) is 17.0. The van der Waals surface area contributed by atoms with E-state index in [9.17, 15) is 4.79 Å². The molecular weight excluding hydrogens is 308 g/mol. The van der Waals surface area contributed by atoms with Gasteiger partial charge >= 0.3 is 0 Å². The molecule has 1 aromatic carbocycles. The second-order valence-electron chi connectivity index (χ2n) is 6.46. The molecule has 3 rings (SSSR count). The Balaban J connectivity index is 1.73. The van der Waals surface area contributed by atoms with Crippen molar-refractivity contribution in [2.45, 2.75) is 31.8 Å². The van der Waals surface area contributed by atoms with Crippen LogP contribution in [0.5, 0.6) is 11.5 Å². The molecule has 0 spiro atoms. The second kappa shape index (κ2) is 7.40. The van der Waals surface area contributed by atoms with Crippen LogP contribution in [0, 0.1) is 5.92 Å². The van der Waals surface area contributed by atoms with E-state index in [2.05, 4.69) is 0 Å². The molecule has 1 amide bonds. The third-order valence-corrected chi connectivity index (χ3v) is 5.09. The number of benzene rings is 1. The fourth-order valence-corrected chi connectivity index (χ4v) is 3.56. The van der Waals surface area contributed by atoms with E-state index in [0.717, 1.165) is 30.6 Å². The molecule has 6 heteroatoms. The van der Waals surface area contributed by atoms with Gasteiger partial charge in [-0.2, -0.15) is 0 Å². The van der Waals surface area contributed by atoms with Gasteiger partial charge in [0.05, 0.1) is 20.3 Å². The second-order valence-corrected chi connectivity index (χ2v) is 6.46. The van der Waals surface area contributed by atoms with Gasteiger partial charge in [-0.05, 0) is 48.4 Å². The molecule has 0 aliphatic carbocycles. The van der Waals surface area contributed by atoms with Gasteiger partial charge in [0, 0.05) is 26.3 Å². The molecule has 2 aliphatic rings. The van der Waals surface area contributed by atoms with Crippen molar-refractivity contribution >= 4 is 5.91 Å². The molecule has 132 valence electrons. The quantitative estimate of drug-likeness (QED) is 0.899. The fraction of sp³-hybridized carbons (Fsp3) is 0.611. The lowest BCUT2D eigenvalue weighted by atomic mass is 9.90. The lowest BCUT2D eigenvalue weighted by molar-refractivity contribution is -0.135. The van der Waals surface area contributed by atoms with Gasteiger partial charge in [0.25, 0.3) is 0 Å². The molecule has 2 heterocycles. The van der Waals surface area contributed by atoms with Crippen LogP contribution in [-0.4, -0.2) is 50.8 Å². The predicted molar refractivity (Wildman–Crippen MR) is 90.2 cm³/mol. The summed E-state index contributed by atoms with van der Waals surface area (Å²) >= 11 is 0. The highest BCUT2D eigenvalue weighted by Crippen LogP contribution is 2.33. The summed E-state index contributed by atoms with van der Waals surface area (Å²) in [4.78, 5) is 14.7. The van der Waals surface area contributed by atoms with Crippen LogP contribution in [-0.2, 0) is 22.5 Å². The van der Waals surface area contributed by atoms with Crippen LogP contribution in [0.4, 0.5) is 0 Å². The van der Waals surface area contributed by atoms with Crippen LogP contribution in [0.3, 0.4) is 0 Å². The number of nitrogens with zero attached hydrogens (tertiary/aromatic N) is 1. The van der Waals surface area contributed by atoms with Crippen LogP contribution in [0.1, 0.15) is 24.0 Å². The van der Waals surface area contributed by atoms with Crippen LogP contribution in [0.15, 0.2) is 12.1 Å². The summed E-state index contributed by atoms with van der Waals surface area (Å²) in [6.45, 7) is 2.67. The summed E-state index contributed by atoms with van der Waals surface area (Å²) in [6.07, 6.45) is 2.53. The molecule has 0 bridgehead atoms. The van der Waals surface area contributed by atoms with Crippen molar-refractivity contribution in [2.24, 2.45) is 11.7 Å². The zero-order chi connectivity index (χ0) is 17.1. The molecule has 24 heavy (non-hydrogen) atoms. The first-order valence-corrected chi connectivity index (χ1v) is 8.50. The SMILES string of the molecule is COc1cc2c(cc1OC)CN(C(=O)C(N)C1CCOCC1)CC2. The van der Waals surface area contributed by atoms with E-state index in [4.69, 9.17) is 19.9 Å². The van der Waals surface area contributed by atoms with E-state index in [0.29, 0.717) is 32.1 Å². The number of hydrogen-bond donors (Lipinski definition) is 1. The van der Waals surface area contributed by atoms with Crippen molar-refractivity contribution < 1.29 is 19.0 Å². The monoisotopic (exact) mass is 334 g/mol. The van der Waals surface area contributed by atoms with Gasteiger partial charge < -0.3 is 24.8 Å². The van der Waals surface area contributed by atoms with E-state index in [1.807, 2.05) is 17.0 Å². The van der Waals surface area contributed by atoms with Crippen LogP contribution in [0.25, 0.3) is 0 Å². The van der Waals surface area contributed by atoms with Crippen molar-refractivity contribution in [3.8, 4) is 11.5 Å². The van der Waals surface area contributed by atoms with Crippen molar-refractivity contribution in [3.05, 3.63) is 23.3 Å². The Morgan fingerprint density at radius 2 is 1.83 bits per heavy atom. The number of methoxy groups -OCH3 is 2. The zero-order valence-electron chi connectivity index (χ0n) is 14.4. The number of fused-ring (bicyclic) bond motifs is 1. The van der Waals surface area contributed by atoms with Crippen molar-refractivity contribution in [3.63, 3.8) is 0 Å². The highest BCUT2D eigenvalue weighted by atomic mass is 16.5. The summed E-state index contributed by atoms with van der Waals surface area (Å²) in [6, 6.07) is 3.54. The molecule has 1 aromatic rings. The Morgan fingerprint density at radius 3 is 2.46 bits per heavy atom. The molecule has 1 unspecified atom stereocenters. The average molecular weight is 334 g/mol. The maximum atomic E-state index is 12.8. The number of hydrogen-bond acceptors (Lipinski definition) is 5. The third-order valence-electron chi connectivity index (χ3n) is 5.09. The fourth-order valence-electron chi connectivity index (χ4n) is 3.56. The Hall–Kier alpha value is -1.79. The molecule has 2 N–H and O–H groups in total. The molecule has 1 saturated heterocycles. The molecule has 0 aromatic heterocycles. The maximum absolute atomic E-state index is 12.8. The minimum Gasteiger partial charge on any atom is -0.493 e. The number of nitrogens with two attached hydrogens (primary N) is 1. The van der Waals surface area contributed by atoms with Crippen LogP contribution >= 0.6 is 0 Å². The van der Waals surface area contributed by atoms with Crippen LogP contribution in [0.2, 0.25) is 0 Å². The van der Waals surface area contributed by atoms with E-state index < -0.39 is 6.04 Å².